The first-order valence-corrected chi connectivity index (χ1v) is 9.47. The fraction of sp³-hybridized carbons (Fsp3) is 0.632. The highest BCUT2D eigenvalue weighted by Crippen LogP contribution is 2.47. The summed E-state index contributed by atoms with van der Waals surface area (Å²) < 4.78 is 41.2. The lowest BCUT2D eigenvalue weighted by Gasteiger charge is -2.28. The number of hydrogen-bond acceptors (Lipinski definition) is 4. The Hall–Kier alpha value is -1.96. The van der Waals surface area contributed by atoms with Crippen molar-refractivity contribution in [3.8, 4) is 5.75 Å². The summed E-state index contributed by atoms with van der Waals surface area (Å²) in [5.74, 6) is 0.582. The van der Waals surface area contributed by atoms with Crippen molar-refractivity contribution in [3.05, 3.63) is 24.3 Å². The van der Waals surface area contributed by atoms with E-state index in [2.05, 4.69) is 10.1 Å². The minimum absolute atomic E-state index is 0.0176. The molecule has 3 N–H and O–H groups in total. The van der Waals surface area contributed by atoms with Crippen LogP contribution in [0.3, 0.4) is 0 Å². The summed E-state index contributed by atoms with van der Waals surface area (Å²) in [6.07, 6.45) is -0.684. The van der Waals surface area contributed by atoms with Gasteiger partial charge in [-0.2, -0.15) is 0 Å². The molecule has 0 spiro atoms. The van der Waals surface area contributed by atoms with Gasteiger partial charge < -0.3 is 20.7 Å². The molecule has 5 atom stereocenters. The van der Waals surface area contributed by atoms with Crippen molar-refractivity contribution in [2.75, 3.05) is 18.0 Å². The Balaban J connectivity index is 1.35. The number of rotatable bonds is 4. The molecule has 27 heavy (non-hydrogen) atoms. The summed E-state index contributed by atoms with van der Waals surface area (Å²) >= 11 is 0. The number of nitrogens with zero attached hydrogens (tertiary/aromatic N) is 1. The predicted molar refractivity (Wildman–Crippen MR) is 94.2 cm³/mol. The highest BCUT2D eigenvalue weighted by Gasteiger charge is 2.49. The molecule has 1 amide bonds. The van der Waals surface area contributed by atoms with Gasteiger partial charge in [-0.05, 0) is 49.7 Å². The van der Waals surface area contributed by atoms with Crippen LogP contribution in [0.15, 0.2) is 24.3 Å². The molecule has 2 aliphatic carbocycles. The standard InChI is InChI=1S/C19H24F3N3O2/c20-19(21,22)27-15-3-1-2-14(9-15)25-7-6-13(10-25)24-18(26)16-11-4-5-12(8-11)17(16)23/h1-3,9,11-13,16-17H,4-8,10,23H2,(H,24,26). The molecule has 5 nitrogen and oxygen atoms in total. The Bertz CT molecular complexity index is 710. The van der Waals surface area contributed by atoms with Crippen LogP contribution < -0.4 is 20.7 Å². The average molecular weight is 383 g/mol. The highest BCUT2D eigenvalue weighted by molar-refractivity contribution is 5.81. The molecule has 0 aromatic heterocycles. The largest absolute Gasteiger partial charge is 0.573 e. The summed E-state index contributed by atoms with van der Waals surface area (Å²) in [6, 6.07) is 5.89. The molecule has 0 radical (unpaired) electrons. The van der Waals surface area contributed by atoms with E-state index in [1.807, 2.05) is 4.90 Å². The first-order valence-electron chi connectivity index (χ1n) is 9.47. The molecular formula is C19H24F3N3O2. The van der Waals surface area contributed by atoms with Crippen LogP contribution in [0, 0.1) is 17.8 Å². The van der Waals surface area contributed by atoms with Crippen LogP contribution in [0.2, 0.25) is 0 Å². The zero-order valence-corrected chi connectivity index (χ0v) is 14.9. The van der Waals surface area contributed by atoms with E-state index in [1.54, 1.807) is 6.07 Å². The minimum Gasteiger partial charge on any atom is -0.406 e. The number of nitrogens with two attached hydrogens (primary N) is 1. The molecule has 148 valence electrons. The molecule has 1 aliphatic heterocycles. The highest BCUT2D eigenvalue weighted by atomic mass is 19.4. The first-order chi connectivity index (χ1) is 12.8. The number of halogens is 3. The van der Waals surface area contributed by atoms with Crippen molar-refractivity contribution in [1.29, 1.82) is 0 Å². The molecule has 2 bridgehead atoms. The van der Waals surface area contributed by atoms with E-state index in [4.69, 9.17) is 5.73 Å². The van der Waals surface area contributed by atoms with Crippen molar-refractivity contribution in [1.82, 2.24) is 5.32 Å². The molecule has 3 aliphatic rings. The van der Waals surface area contributed by atoms with Crippen molar-refractivity contribution in [2.45, 2.75) is 44.1 Å². The number of carbonyl (C=O) groups excluding carboxylic acids is 1. The molecule has 2 saturated carbocycles. The topological polar surface area (TPSA) is 67.6 Å². The first kappa shape index (κ1) is 18.4. The average Bonchev–Trinajstić information content (AvgIpc) is 3.29. The van der Waals surface area contributed by atoms with Crippen molar-refractivity contribution in [2.24, 2.45) is 23.5 Å². The fourth-order valence-electron chi connectivity index (χ4n) is 5.01. The van der Waals surface area contributed by atoms with Gasteiger partial charge in [0.05, 0.1) is 5.92 Å². The van der Waals surface area contributed by atoms with E-state index < -0.39 is 6.36 Å². The SMILES string of the molecule is NC1C2CCC(C2)C1C(=O)NC1CCN(c2cccc(OC(F)(F)F)c2)C1. The van der Waals surface area contributed by atoms with Crippen molar-refractivity contribution < 1.29 is 22.7 Å². The summed E-state index contributed by atoms with van der Waals surface area (Å²) in [5, 5.41) is 3.12. The third kappa shape index (κ3) is 3.85. The number of nitrogens with one attached hydrogen (secondary N) is 1. The van der Waals surface area contributed by atoms with Crippen LogP contribution in [0.5, 0.6) is 5.75 Å². The van der Waals surface area contributed by atoms with Gasteiger partial charge in [-0.3, -0.25) is 4.79 Å². The fourth-order valence-corrected chi connectivity index (χ4v) is 5.01. The number of alkyl halides is 3. The van der Waals surface area contributed by atoms with E-state index in [0.29, 0.717) is 30.6 Å². The van der Waals surface area contributed by atoms with Crippen LogP contribution in [-0.4, -0.2) is 37.4 Å². The number of amides is 1. The second-order valence-corrected chi connectivity index (χ2v) is 7.92. The number of carbonyl (C=O) groups is 1. The molecular weight excluding hydrogens is 359 g/mol. The van der Waals surface area contributed by atoms with Gasteiger partial charge in [0.15, 0.2) is 0 Å². The van der Waals surface area contributed by atoms with Gasteiger partial charge in [0, 0.05) is 36.9 Å². The third-order valence-electron chi connectivity index (χ3n) is 6.23. The van der Waals surface area contributed by atoms with E-state index in [9.17, 15) is 18.0 Å². The van der Waals surface area contributed by atoms with E-state index in [1.165, 1.54) is 18.2 Å². The van der Waals surface area contributed by atoms with Gasteiger partial charge in [-0.25, -0.2) is 0 Å². The van der Waals surface area contributed by atoms with Crippen LogP contribution in [0.25, 0.3) is 0 Å². The van der Waals surface area contributed by atoms with E-state index in [0.717, 1.165) is 25.7 Å². The quantitative estimate of drug-likeness (QED) is 0.839. The molecule has 4 rings (SSSR count). The zero-order valence-electron chi connectivity index (χ0n) is 14.9. The molecule has 5 unspecified atom stereocenters. The molecule has 1 aromatic carbocycles. The second kappa shape index (κ2) is 6.89. The van der Waals surface area contributed by atoms with E-state index >= 15 is 0 Å². The molecule has 3 fully saturated rings. The lowest BCUT2D eigenvalue weighted by Crippen LogP contribution is -2.48. The lowest BCUT2D eigenvalue weighted by molar-refractivity contribution is -0.274. The minimum atomic E-state index is -4.71. The Morgan fingerprint density at radius 3 is 2.70 bits per heavy atom. The number of hydrogen-bond donors (Lipinski definition) is 2. The molecule has 1 aromatic rings. The smallest absolute Gasteiger partial charge is 0.406 e. The Labute approximate surface area is 156 Å². The zero-order chi connectivity index (χ0) is 19.2. The summed E-state index contributed by atoms with van der Waals surface area (Å²) in [7, 11) is 0. The monoisotopic (exact) mass is 383 g/mol. The maximum absolute atomic E-state index is 12.7. The molecule has 8 heteroatoms. The maximum atomic E-state index is 12.7. The maximum Gasteiger partial charge on any atom is 0.573 e. The van der Waals surface area contributed by atoms with E-state index in [-0.39, 0.29) is 29.7 Å². The van der Waals surface area contributed by atoms with Gasteiger partial charge in [-0.1, -0.05) is 6.07 Å². The molecule has 1 heterocycles. The van der Waals surface area contributed by atoms with Gasteiger partial charge in [0.2, 0.25) is 5.91 Å². The van der Waals surface area contributed by atoms with Crippen molar-refractivity contribution in [3.63, 3.8) is 0 Å². The van der Waals surface area contributed by atoms with Gasteiger partial charge in [0.1, 0.15) is 5.75 Å². The third-order valence-corrected chi connectivity index (χ3v) is 6.23. The summed E-state index contributed by atoms with van der Waals surface area (Å²) in [4.78, 5) is 14.7. The predicted octanol–water partition coefficient (Wildman–Crippen LogP) is 2.65. The summed E-state index contributed by atoms with van der Waals surface area (Å²) in [5.41, 5.74) is 6.91. The van der Waals surface area contributed by atoms with Crippen LogP contribution in [0.4, 0.5) is 18.9 Å². The Morgan fingerprint density at radius 1 is 1.22 bits per heavy atom. The van der Waals surface area contributed by atoms with Crippen LogP contribution in [0.1, 0.15) is 25.7 Å². The van der Waals surface area contributed by atoms with Crippen LogP contribution >= 0.6 is 0 Å². The Morgan fingerprint density at radius 2 is 2.00 bits per heavy atom. The number of anilines is 1. The number of fused-ring (bicyclic) bond motifs is 2. The van der Waals surface area contributed by atoms with Crippen molar-refractivity contribution >= 4 is 11.6 Å². The Kier molecular flexibility index (Phi) is 4.70. The molecule has 1 saturated heterocycles. The number of benzene rings is 1. The van der Waals surface area contributed by atoms with Gasteiger partial charge in [-0.15, -0.1) is 13.2 Å². The normalized spacial score (nSPS) is 32.7. The van der Waals surface area contributed by atoms with Gasteiger partial charge in [0.25, 0.3) is 0 Å². The second-order valence-electron chi connectivity index (χ2n) is 7.92. The van der Waals surface area contributed by atoms with Gasteiger partial charge >= 0.3 is 6.36 Å². The summed E-state index contributed by atoms with van der Waals surface area (Å²) in [6.45, 7) is 1.24. The number of ether oxygens (including phenoxy) is 1. The van der Waals surface area contributed by atoms with Crippen LogP contribution in [-0.2, 0) is 4.79 Å². The lowest BCUT2D eigenvalue weighted by atomic mass is 9.84.